The lowest BCUT2D eigenvalue weighted by atomic mass is 9.93. The molecule has 104 valence electrons. The molecule has 1 rings (SSSR count). The normalized spacial score (nSPS) is 11.9. The highest BCUT2D eigenvalue weighted by molar-refractivity contribution is 5.67. The fourth-order valence-electron chi connectivity index (χ4n) is 1.93. The van der Waals surface area contributed by atoms with Crippen molar-refractivity contribution < 1.29 is 19.8 Å². The van der Waals surface area contributed by atoms with E-state index in [-0.39, 0.29) is 12.5 Å². The van der Waals surface area contributed by atoms with E-state index in [4.69, 9.17) is 10.2 Å². The molecule has 0 radical (unpaired) electrons. The summed E-state index contributed by atoms with van der Waals surface area (Å²) in [5, 5.41) is 22.0. The lowest BCUT2D eigenvalue weighted by molar-refractivity contribution is 0.183. The molecule has 0 bridgehead atoms. The zero-order chi connectivity index (χ0) is 14.4. The number of rotatable bonds is 5. The Morgan fingerprint density at radius 3 is 2.16 bits per heavy atom. The molecular weight excluding hydrogens is 248 g/mol. The van der Waals surface area contributed by atoms with Crippen molar-refractivity contribution in [1.82, 2.24) is 10.6 Å². The maximum atomic E-state index is 10.8. The fourth-order valence-corrected chi connectivity index (χ4v) is 1.93. The van der Waals surface area contributed by atoms with Gasteiger partial charge in [-0.15, -0.1) is 0 Å². The molecule has 1 unspecified atom stereocenters. The molecule has 0 aromatic heterocycles. The molecular formula is C13H18N2O4. The molecule has 0 fully saturated rings. The summed E-state index contributed by atoms with van der Waals surface area (Å²) in [6.07, 6.45) is -2.37. The number of hydrogen-bond acceptors (Lipinski definition) is 2. The number of benzene rings is 1. The van der Waals surface area contributed by atoms with Gasteiger partial charge in [-0.2, -0.15) is 0 Å². The minimum Gasteiger partial charge on any atom is -0.465 e. The van der Waals surface area contributed by atoms with Crippen LogP contribution in [0.15, 0.2) is 24.3 Å². The van der Waals surface area contributed by atoms with Gasteiger partial charge in [0.1, 0.15) is 0 Å². The van der Waals surface area contributed by atoms with Crippen molar-refractivity contribution in [3.63, 3.8) is 0 Å². The van der Waals surface area contributed by atoms with E-state index in [1.54, 1.807) is 12.1 Å². The first-order chi connectivity index (χ1) is 8.91. The van der Waals surface area contributed by atoms with E-state index in [0.29, 0.717) is 0 Å². The third-order valence-corrected chi connectivity index (χ3v) is 2.75. The van der Waals surface area contributed by atoms with Gasteiger partial charge in [0.15, 0.2) is 0 Å². The molecule has 19 heavy (non-hydrogen) atoms. The summed E-state index contributed by atoms with van der Waals surface area (Å²) in [4.78, 5) is 21.4. The third kappa shape index (κ3) is 4.50. The van der Waals surface area contributed by atoms with Crippen LogP contribution in [0.4, 0.5) is 9.59 Å². The smallest absolute Gasteiger partial charge is 0.405 e. The summed E-state index contributed by atoms with van der Waals surface area (Å²) >= 11 is 0. The van der Waals surface area contributed by atoms with Gasteiger partial charge in [-0.05, 0) is 17.0 Å². The van der Waals surface area contributed by atoms with Gasteiger partial charge >= 0.3 is 12.2 Å². The topological polar surface area (TPSA) is 98.7 Å². The molecule has 0 saturated heterocycles. The number of nitrogens with one attached hydrogen (secondary N) is 2. The van der Waals surface area contributed by atoms with E-state index in [1.807, 2.05) is 26.0 Å². The molecule has 0 saturated carbocycles. The minimum absolute atomic E-state index is 0.00856. The number of amides is 2. The highest BCUT2D eigenvalue weighted by Crippen LogP contribution is 2.24. The lowest BCUT2D eigenvalue weighted by Crippen LogP contribution is -2.37. The van der Waals surface area contributed by atoms with Gasteiger partial charge in [-0.1, -0.05) is 38.1 Å². The van der Waals surface area contributed by atoms with E-state index >= 15 is 0 Å². The second-order valence-corrected chi connectivity index (χ2v) is 4.47. The first kappa shape index (κ1) is 14.8. The van der Waals surface area contributed by atoms with E-state index in [0.717, 1.165) is 11.1 Å². The van der Waals surface area contributed by atoms with Crippen LogP contribution < -0.4 is 10.6 Å². The molecule has 0 heterocycles. The standard InChI is InChI=1S/C13H18N2O4/c1-8(2)9-5-3-4-6-10(9)11(15-13(18)19)7-14-12(16)17/h3-6,8,11,14-15H,7H2,1-2H3,(H,16,17)(H,18,19). The van der Waals surface area contributed by atoms with Gasteiger partial charge < -0.3 is 20.8 Å². The molecule has 0 aliphatic carbocycles. The zero-order valence-corrected chi connectivity index (χ0v) is 10.9. The summed E-state index contributed by atoms with van der Waals surface area (Å²) in [6, 6.07) is 6.79. The zero-order valence-electron chi connectivity index (χ0n) is 10.9. The molecule has 6 heteroatoms. The van der Waals surface area contributed by atoms with E-state index in [2.05, 4.69) is 10.6 Å². The van der Waals surface area contributed by atoms with Crippen LogP contribution in [0.25, 0.3) is 0 Å². The lowest BCUT2D eigenvalue weighted by Gasteiger charge is -2.22. The first-order valence-electron chi connectivity index (χ1n) is 5.97. The number of carboxylic acid groups (broad SMARTS) is 2. The molecule has 1 atom stereocenters. The minimum atomic E-state index is -1.18. The second kappa shape index (κ2) is 6.63. The maximum Gasteiger partial charge on any atom is 0.405 e. The van der Waals surface area contributed by atoms with Crippen LogP contribution in [0.1, 0.15) is 36.9 Å². The van der Waals surface area contributed by atoms with Crippen LogP contribution in [0.5, 0.6) is 0 Å². The predicted octanol–water partition coefficient (Wildman–Crippen LogP) is 2.39. The van der Waals surface area contributed by atoms with Crippen molar-refractivity contribution in [1.29, 1.82) is 0 Å². The molecule has 6 nitrogen and oxygen atoms in total. The summed E-state index contributed by atoms with van der Waals surface area (Å²) in [5.74, 6) is 0.221. The van der Waals surface area contributed by atoms with E-state index < -0.39 is 18.2 Å². The molecule has 4 N–H and O–H groups in total. The van der Waals surface area contributed by atoms with Crippen LogP contribution in [-0.2, 0) is 0 Å². The van der Waals surface area contributed by atoms with Crippen LogP contribution in [0.3, 0.4) is 0 Å². The Bertz CT molecular complexity index is 460. The summed E-state index contributed by atoms with van der Waals surface area (Å²) in [5.41, 5.74) is 1.78. The Kier molecular flexibility index (Phi) is 5.17. The molecule has 0 aliphatic rings. The van der Waals surface area contributed by atoms with Crippen molar-refractivity contribution in [3.05, 3.63) is 35.4 Å². The third-order valence-electron chi connectivity index (χ3n) is 2.75. The van der Waals surface area contributed by atoms with E-state index in [9.17, 15) is 9.59 Å². The SMILES string of the molecule is CC(C)c1ccccc1C(CNC(=O)O)NC(=O)O. The molecule has 0 aliphatic heterocycles. The van der Waals surface area contributed by atoms with Crippen molar-refractivity contribution in [2.75, 3.05) is 6.54 Å². The molecule has 1 aromatic rings. The van der Waals surface area contributed by atoms with Gasteiger partial charge in [0.25, 0.3) is 0 Å². The Balaban J connectivity index is 3.02. The molecule has 2 amide bonds. The Hall–Kier alpha value is -2.24. The van der Waals surface area contributed by atoms with Gasteiger partial charge in [0.05, 0.1) is 6.04 Å². The first-order valence-corrected chi connectivity index (χ1v) is 5.97. The average Bonchev–Trinajstić information content (AvgIpc) is 2.33. The molecule has 1 aromatic carbocycles. The highest BCUT2D eigenvalue weighted by atomic mass is 16.4. The van der Waals surface area contributed by atoms with Crippen LogP contribution in [0.2, 0.25) is 0 Å². The van der Waals surface area contributed by atoms with Crippen LogP contribution >= 0.6 is 0 Å². The fraction of sp³-hybridized carbons (Fsp3) is 0.385. The van der Waals surface area contributed by atoms with Crippen molar-refractivity contribution >= 4 is 12.2 Å². The quantitative estimate of drug-likeness (QED) is 0.657. The van der Waals surface area contributed by atoms with Crippen LogP contribution in [-0.4, -0.2) is 28.9 Å². The summed E-state index contributed by atoms with van der Waals surface area (Å²) in [7, 11) is 0. The van der Waals surface area contributed by atoms with Gasteiger partial charge in [0.2, 0.25) is 0 Å². The monoisotopic (exact) mass is 266 g/mol. The maximum absolute atomic E-state index is 10.8. The number of carbonyl (C=O) groups is 2. The summed E-state index contributed by atoms with van der Waals surface area (Å²) in [6.45, 7) is 3.99. The second-order valence-electron chi connectivity index (χ2n) is 4.47. The predicted molar refractivity (Wildman–Crippen MR) is 70.5 cm³/mol. The van der Waals surface area contributed by atoms with Gasteiger partial charge in [-0.25, -0.2) is 9.59 Å². The van der Waals surface area contributed by atoms with Crippen molar-refractivity contribution in [3.8, 4) is 0 Å². The van der Waals surface area contributed by atoms with Gasteiger partial charge in [0, 0.05) is 6.54 Å². The summed E-state index contributed by atoms with van der Waals surface area (Å²) < 4.78 is 0. The average molecular weight is 266 g/mol. The Morgan fingerprint density at radius 2 is 1.68 bits per heavy atom. The Morgan fingerprint density at radius 1 is 1.11 bits per heavy atom. The Labute approximate surface area is 111 Å². The van der Waals surface area contributed by atoms with Crippen molar-refractivity contribution in [2.24, 2.45) is 0 Å². The largest absolute Gasteiger partial charge is 0.465 e. The highest BCUT2D eigenvalue weighted by Gasteiger charge is 2.19. The van der Waals surface area contributed by atoms with Crippen molar-refractivity contribution in [2.45, 2.75) is 25.8 Å². The number of hydrogen-bond donors (Lipinski definition) is 4. The van der Waals surface area contributed by atoms with Gasteiger partial charge in [-0.3, -0.25) is 0 Å². The van der Waals surface area contributed by atoms with E-state index in [1.165, 1.54) is 0 Å². The van der Waals surface area contributed by atoms with Crippen LogP contribution in [0, 0.1) is 0 Å². The molecule has 0 spiro atoms.